The van der Waals surface area contributed by atoms with Crippen molar-refractivity contribution in [3.8, 4) is 5.88 Å². The van der Waals surface area contributed by atoms with E-state index in [4.69, 9.17) is 10.5 Å². The van der Waals surface area contributed by atoms with Gasteiger partial charge in [0, 0.05) is 17.3 Å². The molecule has 0 spiro atoms. The molecule has 130 valence electrons. The monoisotopic (exact) mass is 336 g/mol. The molecule has 2 aliphatic carbocycles. The predicted octanol–water partition coefficient (Wildman–Crippen LogP) is 3.70. The first-order valence-corrected chi connectivity index (χ1v) is 9.03. The lowest BCUT2D eigenvalue weighted by molar-refractivity contribution is 0.0998. The molecule has 25 heavy (non-hydrogen) atoms. The zero-order chi connectivity index (χ0) is 17.6. The molecule has 4 rings (SSSR count). The molecule has 2 aliphatic rings. The van der Waals surface area contributed by atoms with Crippen LogP contribution in [-0.4, -0.2) is 17.0 Å². The van der Waals surface area contributed by atoms with E-state index in [-0.39, 0.29) is 12.0 Å². The largest absolute Gasteiger partial charge is 0.474 e. The molecule has 0 aliphatic heterocycles. The minimum atomic E-state index is -0.333. The summed E-state index contributed by atoms with van der Waals surface area (Å²) in [6, 6.07) is 11.7. The molecular weight excluding hydrogens is 312 g/mol. The molecular formula is C21H24N2O2. The van der Waals surface area contributed by atoms with Crippen LogP contribution in [0, 0.1) is 24.7 Å². The smallest absolute Gasteiger partial charge is 0.248 e. The predicted molar refractivity (Wildman–Crippen MR) is 96.5 cm³/mol. The van der Waals surface area contributed by atoms with E-state index >= 15 is 0 Å². The number of primary amides is 1. The molecule has 1 aromatic carbocycles. The summed E-state index contributed by atoms with van der Waals surface area (Å²) in [5.74, 6) is 2.79. The first kappa shape index (κ1) is 16.1. The highest BCUT2D eigenvalue weighted by atomic mass is 16.5. The Morgan fingerprint density at radius 2 is 1.92 bits per heavy atom. The summed E-state index contributed by atoms with van der Waals surface area (Å²) in [6.45, 7) is 4.26. The van der Waals surface area contributed by atoms with Gasteiger partial charge in [0.15, 0.2) is 0 Å². The second-order valence-electron chi connectivity index (χ2n) is 7.48. The highest BCUT2D eigenvalue weighted by Crippen LogP contribution is 2.63. The van der Waals surface area contributed by atoms with E-state index < -0.39 is 0 Å². The topological polar surface area (TPSA) is 65.2 Å². The summed E-state index contributed by atoms with van der Waals surface area (Å²) in [5.41, 5.74) is 8.39. The number of carbonyl (C=O) groups is 1. The van der Waals surface area contributed by atoms with Crippen molar-refractivity contribution in [1.82, 2.24) is 4.98 Å². The van der Waals surface area contributed by atoms with Crippen molar-refractivity contribution in [2.45, 2.75) is 38.7 Å². The number of hydrogen-bond donors (Lipinski definition) is 1. The number of nitrogens with zero attached hydrogens (tertiary/aromatic N) is 1. The molecule has 3 atom stereocenters. The van der Waals surface area contributed by atoms with Crippen LogP contribution in [0.5, 0.6) is 5.88 Å². The number of hydrogen-bond acceptors (Lipinski definition) is 3. The molecule has 0 unspecified atom stereocenters. The van der Waals surface area contributed by atoms with Crippen molar-refractivity contribution in [3.05, 3.63) is 59.3 Å². The number of rotatable bonds is 5. The number of pyridine rings is 1. The van der Waals surface area contributed by atoms with Crippen molar-refractivity contribution in [2.75, 3.05) is 0 Å². The lowest BCUT2D eigenvalue weighted by atomic mass is 9.88. The Morgan fingerprint density at radius 3 is 2.60 bits per heavy atom. The van der Waals surface area contributed by atoms with Crippen molar-refractivity contribution in [2.24, 2.45) is 23.5 Å². The quantitative estimate of drug-likeness (QED) is 0.905. The van der Waals surface area contributed by atoms with E-state index in [0.29, 0.717) is 29.2 Å². The van der Waals surface area contributed by atoms with Gasteiger partial charge in [-0.25, -0.2) is 4.98 Å². The minimum Gasteiger partial charge on any atom is -0.474 e. The Morgan fingerprint density at radius 1 is 1.20 bits per heavy atom. The second kappa shape index (κ2) is 6.17. The Hall–Kier alpha value is -2.36. The molecule has 1 aromatic heterocycles. The second-order valence-corrected chi connectivity index (χ2v) is 7.48. The molecule has 0 radical (unpaired) electrons. The van der Waals surface area contributed by atoms with Gasteiger partial charge < -0.3 is 10.5 Å². The fraction of sp³-hybridized carbons (Fsp3) is 0.429. The van der Waals surface area contributed by atoms with Gasteiger partial charge in [-0.15, -0.1) is 0 Å². The average molecular weight is 336 g/mol. The summed E-state index contributed by atoms with van der Waals surface area (Å²) < 4.78 is 6.12. The van der Waals surface area contributed by atoms with Gasteiger partial charge in [-0.05, 0) is 61.1 Å². The molecule has 0 bridgehead atoms. The third-order valence-electron chi connectivity index (χ3n) is 6.00. The van der Waals surface area contributed by atoms with E-state index in [1.165, 1.54) is 0 Å². The van der Waals surface area contributed by atoms with Gasteiger partial charge in [-0.2, -0.15) is 0 Å². The zero-order valence-electron chi connectivity index (χ0n) is 14.7. The van der Waals surface area contributed by atoms with Crippen LogP contribution in [0.3, 0.4) is 0 Å². The van der Waals surface area contributed by atoms with Crippen LogP contribution in [0.25, 0.3) is 0 Å². The first-order chi connectivity index (χ1) is 12.1. The van der Waals surface area contributed by atoms with Crippen LogP contribution in [0.15, 0.2) is 42.6 Å². The van der Waals surface area contributed by atoms with E-state index in [9.17, 15) is 4.79 Å². The molecule has 4 heteroatoms. The van der Waals surface area contributed by atoms with Gasteiger partial charge in [-0.1, -0.05) is 31.2 Å². The van der Waals surface area contributed by atoms with Gasteiger partial charge in [0.1, 0.15) is 6.10 Å². The first-order valence-electron chi connectivity index (χ1n) is 9.03. The Kier molecular flexibility index (Phi) is 3.98. The lowest BCUT2D eigenvalue weighted by Gasteiger charge is -2.21. The molecule has 2 fully saturated rings. The maximum absolute atomic E-state index is 11.7. The van der Waals surface area contributed by atoms with Crippen molar-refractivity contribution in [3.63, 3.8) is 0 Å². The van der Waals surface area contributed by atoms with Gasteiger partial charge in [-0.3, -0.25) is 4.79 Å². The number of aromatic nitrogens is 1. The fourth-order valence-electron chi connectivity index (χ4n) is 4.76. The molecule has 4 nitrogen and oxygen atoms in total. The summed E-state index contributed by atoms with van der Waals surface area (Å²) >= 11 is 0. The Balaban J connectivity index is 1.41. The van der Waals surface area contributed by atoms with Crippen LogP contribution in [-0.2, 0) is 0 Å². The normalized spacial score (nSPS) is 26.1. The Labute approximate surface area is 148 Å². The van der Waals surface area contributed by atoms with Gasteiger partial charge in [0.25, 0.3) is 0 Å². The summed E-state index contributed by atoms with van der Waals surface area (Å²) in [6.07, 6.45) is 4.20. The molecule has 1 heterocycles. The molecule has 1 amide bonds. The maximum Gasteiger partial charge on any atom is 0.248 e. The standard InChI is InChI=1S/C21H24N2O2/c1-12-6-5-9-23-21(12)25-14-10-17-18(11-14)19(17)13(2)15-7-3-4-8-16(15)20(22)24/h3-9,13-14,17-19H,10-11H2,1-2H3,(H2,22,24)/t13-,14?,17+,18+,19?/m0/s1. The molecule has 2 N–H and O–H groups in total. The van der Waals surface area contributed by atoms with Crippen LogP contribution in [0.2, 0.25) is 0 Å². The number of aryl methyl sites for hydroxylation is 1. The van der Waals surface area contributed by atoms with Crippen molar-refractivity contribution in [1.29, 1.82) is 0 Å². The molecule has 0 saturated heterocycles. The number of nitrogens with two attached hydrogens (primary N) is 1. The third kappa shape index (κ3) is 2.90. The van der Waals surface area contributed by atoms with Crippen LogP contribution < -0.4 is 10.5 Å². The SMILES string of the molecule is Cc1cccnc1OC1C[C@H]2C([C@@H](C)c3ccccc3C(N)=O)[C@@H]2C1. The number of carbonyl (C=O) groups excluding carboxylic acids is 1. The van der Waals surface area contributed by atoms with E-state index in [1.54, 1.807) is 6.20 Å². The number of benzene rings is 1. The zero-order valence-corrected chi connectivity index (χ0v) is 14.7. The number of ether oxygens (including phenoxy) is 1. The Bertz CT molecular complexity index is 792. The summed E-state index contributed by atoms with van der Waals surface area (Å²) in [5, 5.41) is 0. The lowest BCUT2D eigenvalue weighted by Crippen LogP contribution is -2.19. The average Bonchev–Trinajstić information content (AvgIpc) is 3.11. The van der Waals surface area contributed by atoms with Gasteiger partial charge in [0.05, 0.1) is 0 Å². The number of fused-ring (bicyclic) bond motifs is 1. The van der Waals surface area contributed by atoms with Crippen LogP contribution in [0.4, 0.5) is 0 Å². The number of amides is 1. The van der Waals surface area contributed by atoms with Gasteiger partial charge in [0.2, 0.25) is 11.8 Å². The minimum absolute atomic E-state index is 0.262. The molecule has 2 aromatic rings. The van der Waals surface area contributed by atoms with E-state index in [2.05, 4.69) is 11.9 Å². The third-order valence-corrected chi connectivity index (χ3v) is 6.00. The van der Waals surface area contributed by atoms with Gasteiger partial charge >= 0.3 is 0 Å². The fourth-order valence-corrected chi connectivity index (χ4v) is 4.76. The highest BCUT2D eigenvalue weighted by Gasteiger charge is 2.58. The van der Waals surface area contributed by atoms with Crippen LogP contribution >= 0.6 is 0 Å². The van der Waals surface area contributed by atoms with Crippen molar-refractivity contribution >= 4 is 5.91 Å². The summed E-state index contributed by atoms with van der Waals surface area (Å²) in [4.78, 5) is 16.0. The highest BCUT2D eigenvalue weighted by molar-refractivity contribution is 5.94. The van der Waals surface area contributed by atoms with E-state index in [1.807, 2.05) is 43.3 Å². The molecule has 2 saturated carbocycles. The maximum atomic E-state index is 11.7. The van der Waals surface area contributed by atoms with Crippen LogP contribution in [0.1, 0.15) is 47.2 Å². The summed E-state index contributed by atoms with van der Waals surface area (Å²) in [7, 11) is 0. The van der Waals surface area contributed by atoms with Crippen molar-refractivity contribution < 1.29 is 9.53 Å². The van der Waals surface area contributed by atoms with E-state index in [0.717, 1.165) is 29.8 Å².